The Morgan fingerprint density at radius 2 is 1.92 bits per heavy atom. The van der Waals surface area contributed by atoms with E-state index in [0.717, 1.165) is 12.1 Å². The van der Waals surface area contributed by atoms with E-state index in [1.54, 1.807) is 11.8 Å². The third-order valence-corrected chi connectivity index (χ3v) is 4.48. The number of benzene rings is 1. The Morgan fingerprint density at radius 1 is 1.29 bits per heavy atom. The summed E-state index contributed by atoms with van der Waals surface area (Å²) in [6.45, 7) is 2.41. The maximum atomic E-state index is 12.9. The third kappa shape index (κ3) is 4.07. The van der Waals surface area contributed by atoms with E-state index in [9.17, 15) is 22.8 Å². The van der Waals surface area contributed by atoms with Crippen molar-refractivity contribution < 1.29 is 27.9 Å². The van der Waals surface area contributed by atoms with E-state index in [0.29, 0.717) is 37.9 Å². The molecular weight excluding hydrogens is 323 g/mol. The number of halogens is 3. The van der Waals surface area contributed by atoms with Gasteiger partial charge in [0.1, 0.15) is 0 Å². The number of piperidine rings is 1. The Kier molecular flexibility index (Phi) is 5.51. The first-order valence-electron chi connectivity index (χ1n) is 7.92. The molecule has 1 aromatic carbocycles. The average molecular weight is 343 g/mol. The standard InChI is InChI=1S/C17H20F3NO3/c1-2-14(12-4-3-5-13(10-12)17(18,19)20)15(22)21-8-6-11(7-9-21)16(23)24/h3-5,10-11,14H,2,6-9H2,1H3,(H,23,24)/t14-/m1/s1. The molecule has 1 aromatic rings. The van der Waals surface area contributed by atoms with Crippen LogP contribution in [-0.4, -0.2) is 35.0 Å². The molecule has 0 aromatic heterocycles. The summed E-state index contributed by atoms with van der Waals surface area (Å²) < 4.78 is 38.6. The number of likely N-dealkylation sites (tertiary alicyclic amines) is 1. The maximum absolute atomic E-state index is 12.9. The van der Waals surface area contributed by atoms with Gasteiger partial charge in [0.15, 0.2) is 0 Å². The predicted octanol–water partition coefficient (Wildman–Crippen LogP) is 3.52. The van der Waals surface area contributed by atoms with Crippen molar-refractivity contribution in [3.05, 3.63) is 35.4 Å². The van der Waals surface area contributed by atoms with E-state index in [2.05, 4.69) is 0 Å². The Hall–Kier alpha value is -2.05. The molecule has 4 nitrogen and oxygen atoms in total. The van der Waals surface area contributed by atoms with Gasteiger partial charge in [0, 0.05) is 13.1 Å². The zero-order valence-electron chi connectivity index (χ0n) is 13.3. The number of carboxylic acid groups (broad SMARTS) is 1. The highest BCUT2D eigenvalue weighted by molar-refractivity contribution is 5.84. The monoisotopic (exact) mass is 343 g/mol. The minimum Gasteiger partial charge on any atom is -0.481 e. The van der Waals surface area contributed by atoms with E-state index in [1.165, 1.54) is 12.1 Å². The topological polar surface area (TPSA) is 57.6 Å². The van der Waals surface area contributed by atoms with Crippen molar-refractivity contribution in [1.82, 2.24) is 4.90 Å². The van der Waals surface area contributed by atoms with Crippen molar-refractivity contribution in [2.24, 2.45) is 5.92 Å². The van der Waals surface area contributed by atoms with Gasteiger partial charge < -0.3 is 10.0 Å². The zero-order chi connectivity index (χ0) is 17.9. The largest absolute Gasteiger partial charge is 0.481 e. The number of amides is 1. The second kappa shape index (κ2) is 7.23. The van der Waals surface area contributed by atoms with E-state index in [4.69, 9.17) is 5.11 Å². The second-order valence-corrected chi connectivity index (χ2v) is 6.02. The molecule has 7 heteroatoms. The van der Waals surface area contributed by atoms with Crippen LogP contribution in [0.2, 0.25) is 0 Å². The molecule has 0 saturated carbocycles. The Bertz CT molecular complexity index is 607. The lowest BCUT2D eigenvalue weighted by atomic mass is 9.91. The molecule has 1 saturated heterocycles. The Morgan fingerprint density at radius 3 is 2.42 bits per heavy atom. The van der Waals surface area contributed by atoms with Crippen molar-refractivity contribution >= 4 is 11.9 Å². The minimum absolute atomic E-state index is 0.235. The van der Waals surface area contributed by atoms with Crippen LogP contribution in [0.15, 0.2) is 24.3 Å². The van der Waals surface area contributed by atoms with Gasteiger partial charge in [-0.25, -0.2) is 0 Å². The van der Waals surface area contributed by atoms with Crippen LogP contribution in [0.25, 0.3) is 0 Å². The number of hydrogen-bond donors (Lipinski definition) is 1. The van der Waals surface area contributed by atoms with Gasteiger partial charge in [-0.3, -0.25) is 9.59 Å². The van der Waals surface area contributed by atoms with Crippen LogP contribution in [-0.2, 0) is 15.8 Å². The van der Waals surface area contributed by atoms with Gasteiger partial charge in [0.05, 0.1) is 17.4 Å². The van der Waals surface area contributed by atoms with Crippen LogP contribution in [0.4, 0.5) is 13.2 Å². The van der Waals surface area contributed by atoms with Gasteiger partial charge in [-0.1, -0.05) is 25.1 Å². The lowest BCUT2D eigenvalue weighted by molar-refractivity contribution is -0.146. The first-order valence-corrected chi connectivity index (χ1v) is 7.92. The summed E-state index contributed by atoms with van der Waals surface area (Å²) in [7, 11) is 0. The third-order valence-electron chi connectivity index (χ3n) is 4.48. The van der Waals surface area contributed by atoms with Crippen molar-refractivity contribution in [3.8, 4) is 0 Å². The van der Waals surface area contributed by atoms with E-state index in [-0.39, 0.29) is 5.91 Å². The van der Waals surface area contributed by atoms with Gasteiger partial charge >= 0.3 is 12.1 Å². The van der Waals surface area contributed by atoms with Crippen LogP contribution < -0.4 is 0 Å². The number of carbonyl (C=O) groups excluding carboxylic acids is 1. The summed E-state index contributed by atoms with van der Waals surface area (Å²) in [5, 5.41) is 8.99. The van der Waals surface area contributed by atoms with Crippen LogP contribution in [0.5, 0.6) is 0 Å². The lowest BCUT2D eigenvalue weighted by Gasteiger charge is -2.33. The van der Waals surface area contributed by atoms with Crippen molar-refractivity contribution in [3.63, 3.8) is 0 Å². The van der Waals surface area contributed by atoms with Crippen molar-refractivity contribution in [2.75, 3.05) is 13.1 Å². The highest BCUT2D eigenvalue weighted by atomic mass is 19.4. The summed E-state index contributed by atoms with van der Waals surface area (Å²) in [6, 6.07) is 4.85. The minimum atomic E-state index is -4.45. The molecule has 1 aliphatic heterocycles. The molecule has 1 heterocycles. The molecule has 1 amide bonds. The van der Waals surface area contributed by atoms with Gasteiger partial charge in [-0.2, -0.15) is 13.2 Å². The fourth-order valence-electron chi connectivity index (χ4n) is 3.05. The Labute approximate surface area is 138 Å². The number of carboxylic acids is 1. The molecule has 1 aliphatic rings. The highest BCUT2D eigenvalue weighted by Gasteiger charge is 2.33. The number of rotatable bonds is 4. The van der Waals surface area contributed by atoms with Crippen molar-refractivity contribution in [2.45, 2.75) is 38.3 Å². The quantitative estimate of drug-likeness (QED) is 0.910. The molecule has 1 fully saturated rings. The second-order valence-electron chi connectivity index (χ2n) is 6.02. The molecule has 1 atom stereocenters. The lowest BCUT2D eigenvalue weighted by Crippen LogP contribution is -2.42. The molecule has 0 spiro atoms. The fourth-order valence-corrected chi connectivity index (χ4v) is 3.05. The van der Waals surface area contributed by atoms with Crippen LogP contribution >= 0.6 is 0 Å². The summed E-state index contributed by atoms with van der Waals surface area (Å²) in [4.78, 5) is 25.2. The maximum Gasteiger partial charge on any atom is 0.416 e. The van der Waals surface area contributed by atoms with E-state index < -0.39 is 29.5 Å². The van der Waals surface area contributed by atoms with Crippen LogP contribution in [0.3, 0.4) is 0 Å². The van der Waals surface area contributed by atoms with E-state index >= 15 is 0 Å². The van der Waals surface area contributed by atoms with Crippen LogP contribution in [0.1, 0.15) is 43.2 Å². The smallest absolute Gasteiger partial charge is 0.416 e. The predicted molar refractivity (Wildman–Crippen MR) is 81.4 cm³/mol. The molecular formula is C17H20F3NO3. The molecule has 24 heavy (non-hydrogen) atoms. The number of nitrogens with zero attached hydrogens (tertiary/aromatic N) is 1. The van der Waals surface area contributed by atoms with Gasteiger partial charge in [-0.05, 0) is 30.9 Å². The molecule has 0 unspecified atom stereocenters. The number of hydrogen-bond acceptors (Lipinski definition) is 2. The fraction of sp³-hybridized carbons (Fsp3) is 0.529. The summed E-state index contributed by atoms with van der Waals surface area (Å²) >= 11 is 0. The number of aliphatic carboxylic acids is 1. The SMILES string of the molecule is CC[C@@H](C(=O)N1CCC(C(=O)O)CC1)c1cccc(C(F)(F)F)c1. The van der Waals surface area contributed by atoms with Crippen LogP contribution in [0, 0.1) is 5.92 Å². The number of alkyl halides is 3. The summed E-state index contributed by atoms with van der Waals surface area (Å²) in [5.41, 5.74) is -0.423. The normalized spacial score (nSPS) is 17.6. The molecule has 1 N–H and O–H groups in total. The van der Waals surface area contributed by atoms with Crippen molar-refractivity contribution in [1.29, 1.82) is 0 Å². The molecule has 0 radical (unpaired) electrons. The van der Waals surface area contributed by atoms with Gasteiger partial charge in [0.2, 0.25) is 5.91 Å². The van der Waals surface area contributed by atoms with Gasteiger partial charge in [-0.15, -0.1) is 0 Å². The zero-order valence-corrected chi connectivity index (χ0v) is 13.3. The van der Waals surface area contributed by atoms with E-state index in [1.807, 2.05) is 0 Å². The molecule has 2 rings (SSSR count). The summed E-state index contributed by atoms with van der Waals surface area (Å²) in [6.07, 6.45) is -3.31. The Balaban J connectivity index is 2.14. The average Bonchev–Trinajstić information content (AvgIpc) is 2.55. The van der Waals surface area contributed by atoms with Gasteiger partial charge in [0.25, 0.3) is 0 Å². The molecule has 0 aliphatic carbocycles. The molecule has 0 bridgehead atoms. The first-order chi connectivity index (χ1) is 11.2. The summed E-state index contributed by atoms with van der Waals surface area (Å²) in [5.74, 6) is -2.20. The number of carbonyl (C=O) groups is 2. The molecule has 132 valence electrons. The first kappa shape index (κ1) is 18.3. The highest BCUT2D eigenvalue weighted by Crippen LogP contribution is 2.33.